The van der Waals surface area contributed by atoms with Gasteiger partial charge in [-0.05, 0) is 31.4 Å². The van der Waals surface area contributed by atoms with Gasteiger partial charge in [-0.1, -0.05) is 36.4 Å². The zero-order chi connectivity index (χ0) is 18.6. The number of benzene rings is 1. The number of aryl methyl sites for hydroxylation is 1. The molecule has 2 heterocycles. The molecule has 5 nitrogen and oxygen atoms in total. The Kier molecular flexibility index (Phi) is 5.22. The molecule has 5 heteroatoms. The molecule has 0 N–H and O–H groups in total. The summed E-state index contributed by atoms with van der Waals surface area (Å²) < 4.78 is 1.63. The minimum Gasteiger partial charge on any atom is -0.343 e. The number of amides is 1. The van der Waals surface area contributed by atoms with Crippen LogP contribution < -0.4 is 5.56 Å². The second-order valence-corrected chi connectivity index (χ2v) is 6.85. The Morgan fingerprint density at radius 3 is 2.42 bits per heavy atom. The minimum atomic E-state index is -0.509. The number of nitrogens with zero attached hydrogens (tertiary/aromatic N) is 3. The highest BCUT2D eigenvalue weighted by Crippen LogP contribution is 2.34. The van der Waals surface area contributed by atoms with E-state index in [1.807, 2.05) is 48.2 Å². The molecule has 1 aromatic carbocycles. The van der Waals surface area contributed by atoms with Crippen molar-refractivity contribution in [1.29, 1.82) is 5.26 Å². The van der Waals surface area contributed by atoms with Crippen molar-refractivity contribution >= 4 is 5.91 Å². The topological polar surface area (TPSA) is 66.1 Å². The third-order valence-corrected chi connectivity index (χ3v) is 5.33. The molecule has 2 aromatic rings. The van der Waals surface area contributed by atoms with Gasteiger partial charge in [0.25, 0.3) is 5.56 Å². The third-order valence-electron chi connectivity index (χ3n) is 5.33. The number of aromatic nitrogens is 1. The molecule has 1 aliphatic rings. The lowest BCUT2D eigenvalue weighted by molar-refractivity contribution is -0.132. The number of pyridine rings is 1. The molecule has 3 rings (SSSR count). The molecular weight excluding hydrogens is 326 g/mol. The first-order valence-electron chi connectivity index (χ1n) is 8.97. The Hall–Kier alpha value is -2.87. The molecule has 134 valence electrons. The molecule has 1 saturated heterocycles. The number of hydrogen-bond acceptors (Lipinski definition) is 3. The fourth-order valence-electron chi connectivity index (χ4n) is 3.64. The summed E-state index contributed by atoms with van der Waals surface area (Å²) >= 11 is 0. The van der Waals surface area contributed by atoms with Gasteiger partial charge < -0.3 is 9.47 Å². The highest BCUT2D eigenvalue weighted by Gasteiger charge is 2.37. The number of carbonyl (C=O) groups excluding carboxylic acids is 1. The van der Waals surface area contributed by atoms with Crippen molar-refractivity contribution in [3.8, 4) is 6.07 Å². The van der Waals surface area contributed by atoms with Crippen LogP contribution in [-0.4, -0.2) is 28.5 Å². The monoisotopic (exact) mass is 349 g/mol. The van der Waals surface area contributed by atoms with Crippen LogP contribution in [0.4, 0.5) is 0 Å². The van der Waals surface area contributed by atoms with E-state index in [-0.39, 0.29) is 11.5 Å². The third kappa shape index (κ3) is 3.55. The van der Waals surface area contributed by atoms with Crippen LogP contribution in [0.1, 0.15) is 30.5 Å². The number of rotatable bonds is 4. The molecule has 0 atom stereocenters. The van der Waals surface area contributed by atoms with E-state index in [1.165, 1.54) is 6.07 Å². The van der Waals surface area contributed by atoms with Crippen LogP contribution in [-0.2, 0) is 16.8 Å². The van der Waals surface area contributed by atoms with E-state index in [2.05, 4.69) is 6.07 Å². The van der Waals surface area contributed by atoms with Crippen LogP contribution in [0.5, 0.6) is 0 Å². The predicted molar refractivity (Wildman–Crippen MR) is 99.6 cm³/mol. The zero-order valence-electron chi connectivity index (χ0n) is 15.0. The van der Waals surface area contributed by atoms with Crippen LogP contribution in [0.15, 0.2) is 53.3 Å². The summed E-state index contributed by atoms with van der Waals surface area (Å²) in [5.74, 6) is 0.0414. The standard InChI is InChI=1S/C21H23N3O2/c1-17-6-5-9-20(26)24(17)13-10-19(25)23-14-11-21(16-22,12-15-23)18-7-3-2-4-8-18/h2-9H,10-15H2,1H3. The summed E-state index contributed by atoms with van der Waals surface area (Å²) in [6.07, 6.45) is 1.59. The lowest BCUT2D eigenvalue weighted by Crippen LogP contribution is -2.45. The van der Waals surface area contributed by atoms with E-state index < -0.39 is 5.41 Å². The largest absolute Gasteiger partial charge is 0.343 e. The summed E-state index contributed by atoms with van der Waals surface area (Å²) in [6, 6.07) is 17.4. The van der Waals surface area contributed by atoms with Crippen molar-refractivity contribution < 1.29 is 4.79 Å². The number of piperidine rings is 1. The van der Waals surface area contributed by atoms with Gasteiger partial charge in [0.05, 0.1) is 11.5 Å². The lowest BCUT2D eigenvalue weighted by Gasteiger charge is -2.37. The summed E-state index contributed by atoms with van der Waals surface area (Å²) in [6.45, 7) is 3.41. The fraction of sp³-hybridized carbons (Fsp3) is 0.381. The normalized spacial score (nSPS) is 16.1. The van der Waals surface area contributed by atoms with E-state index in [1.54, 1.807) is 10.6 Å². The van der Waals surface area contributed by atoms with Crippen LogP contribution >= 0.6 is 0 Å². The lowest BCUT2D eigenvalue weighted by atomic mass is 9.74. The second-order valence-electron chi connectivity index (χ2n) is 6.85. The van der Waals surface area contributed by atoms with Crippen LogP contribution in [0.25, 0.3) is 0 Å². The maximum Gasteiger partial charge on any atom is 0.250 e. The molecule has 1 amide bonds. The summed E-state index contributed by atoms with van der Waals surface area (Å²) in [5, 5.41) is 9.74. The Balaban J connectivity index is 1.62. The Bertz CT molecular complexity index is 872. The van der Waals surface area contributed by atoms with Gasteiger partial charge >= 0.3 is 0 Å². The van der Waals surface area contributed by atoms with Crippen molar-refractivity contribution in [3.63, 3.8) is 0 Å². The number of nitriles is 1. The molecule has 1 aromatic heterocycles. The highest BCUT2D eigenvalue weighted by molar-refractivity contribution is 5.76. The van der Waals surface area contributed by atoms with Crippen LogP contribution in [0.3, 0.4) is 0 Å². The van der Waals surface area contributed by atoms with Crippen LogP contribution in [0.2, 0.25) is 0 Å². The SMILES string of the molecule is Cc1cccc(=O)n1CCC(=O)N1CCC(C#N)(c2ccccc2)CC1. The Morgan fingerprint density at radius 2 is 1.81 bits per heavy atom. The van der Waals surface area contributed by atoms with Gasteiger partial charge in [0.15, 0.2) is 0 Å². The van der Waals surface area contributed by atoms with E-state index in [0.29, 0.717) is 38.9 Å². The van der Waals surface area contributed by atoms with Crippen molar-refractivity contribution in [2.45, 2.75) is 38.1 Å². The fourth-order valence-corrected chi connectivity index (χ4v) is 3.64. The smallest absolute Gasteiger partial charge is 0.250 e. The van der Waals surface area contributed by atoms with Crippen LogP contribution in [0, 0.1) is 18.3 Å². The molecule has 1 aliphatic heterocycles. The molecule has 0 unspecified atom stereocenters. The number of likely N-dealkylation sites (tertiary alicyclic amines) is 1. The van der Waals surface area contributed by atoms with E-state index in [0.717, 1.165) is 11.3 Å². The molecule has 0 bridgehead atoms. The van der Waals surface area contributed by atoms with E-state index >= 15 is 0 Å². The Morgan fingerprint density at radius 1 is 1.12 bits per heavy atom. The first kappa shape index (κ1) is 17.9. The quantitative estimate of drug-likeness (QED) is 0.852. The highest BCUT2D eigenvalue weighted by atomic mass is 16.2. The molecule has 0 spiro atoms. The Labute approximate surface area is 153 Å². The van der Waals surface area contributed by atoms with Crippen molar-refractivity contribution in [2.75, 3.05) is 13.1 Å². The maximum absolute atomic E-state index is 12.6. The molecule has 1 fully saturated rings. The predicted octanol–water partition coefficient (Wildman–Crippen LogP) is 2.63. The van der Waals surface area contributed by atoms with Gasteiger partial charge in [0.1, 0.15) is 0 Å². The second kappa shape index (κ2) is 7.57. The molecule has 0 saturated carbocycles. The van der Waals surface area contributed by atoms with Crippen molar-refractivity contribution in [3.05, 3.63) is 70.1 Å². The van der Waals surface area contributed by atoms with Gasteiger partial charge in [-0.15, -0.1) is 0 Å². The van der Waals surface area contributed by atoms with E-state index in [9.17, 15) is 14.9 Å². The van der Waals surface area contributed by atoms with Crippen molar-refractivity contribution in [2.24, 2.45) is 0 Å². The first-order chi connectivity index (χ1) is 12.6. The van der Waals surface area contributed by atoms with Gasteiger partial charge in [0.2, 0.25) is 5.91 Å². The number of carbonyl (C=O) groups is 1. The minimum absolute atomic E-state index is 0.0414. The van der Waals surface area contributed by atoms with Gasteiger partial charge in [0, 0.05) is 37.8 Å². The van der Waals surface area contributed by atoms with Gasteiger partial charge in [-0.25, -0.2) is 0 Å². The first-order valence-corrected chi connectivity index (χ1v) is 8.97. The molecule has 0 aliphatic carbocycles. The summed E-state index contributed by atoms with van der Waals surface area (Å²) in [7, 11) is 0. The van der Waals surface area contributed by atoms with Gasteiger partial charge in [-0.2, -0.15) is 5.26 Å². The summed E-state index contributed by atoms with van der Waals surface area (Å²) in [5.41, 5.74) is 1.30. The van der Waals surface area contributed by atoms with Crippen molar-refractivity contribution in [1.82, 2.24) is 9.47 Å². The molecular formula is C21H23N3O2. The maximum atomic E-state index is 12.6. The van der Waals surface area contributed by atoms with E-state index in [4.69, 9.17) is 0 Å². The summed E-state index contributed by atoms with van der Waals surface area (Å²) in [4.78, 5) is 26.3. The zero-order valence-corrected chi connectivity index (χ0v) is 15.0. The van der Waals surface area contributed by atoms with Gasteiger partial charge in [-0.3, -0.25) is 9.59 Å². The number of hydrogen-bond donors (Lipinski definition) is 0. The molecule has 26 heavy (non-hydrogen) atoms. The molecule has 0 radical (unpaired) electrons. The average Bonchev–Trinajstić information content (AvgIpc) is 2.68. The average molecular weight is 349 g/mol.